The van der Waals surface area contributed by atoms with Gasteiger partial charge in [-0.1, -0.05) is 23.7 Å². The molecule has 0 amide bonds. The van der Waals surface area contributed by atoms with Crippen molar-refractivity contribution in [3.8, 4) is 5.75 Å². The van der Waals surface area contributed by atoms with Crippen LogP contribution in [-0.4, -0.2) is 29.7 Å². The van der Waals surface area contributed by atoms with Crippen LogP contribution in [0.2, 0.25) is 0 Å². The van der Waals surface area contributed by atoms with Crippen LogP contribution in [0.25, 0.3) is 22.0 Å². The number of methoxy groups -OCH3 is 1. The molecule has 0 radical (unpaired) electrons. The number of ether oxygens (including phenoxy) is 2. The maximum absolute atomic E-state index is 12.3. The molecule has 0 saturated heterocycles. The van der Waals surface area contributed by atoms with E-state index in [1.54, 1.807) is 0 Å². The third-order valence-corrected chi connectivity index (χ3v) is 4.04. The number of esters is 1. The van der Waals surface area contributed by atoms with E-state index in [9.17, 15) is 18.4 Å². The first-order chi connectivity index (χ1) is 13.4. The average molecular weight is 407 g/mol. The lowest BCUT2D eigenvalue weighted by molar-refractivity contribution is -0.0498. The van der Waals surface area contributed by atoms with Gasteiger partial charge in [0.25, 0.3) is 5.56 Å². The van der Waals surface area contributed by atoms with Gasteiger partial charge in [-0.25, -0.2) is 9.78 Å². The number of alkyl halides is 2. The molecule has 0 spiro atoms. The van der Waals surface area contributed by atoms with Gasteiger partial charge in [-0.2, -0.15) is 8.78 Å². The molecule has 0 unspecified atom stereocenters. The molecular formula is C19H13ClF2N2O4. The Morgan fingerprint density at radius 2 is 1.93 bits per heavy atom. The fourth-order valence-electron chi connectivity index (χ4n) is 2.46. The Labute approximate surface area is 162 Å². The number of nitrogens with one attached hydrogen (secondary N) is 1. The molecule has 1 heterocycles. The molecule has 0 saturated carbocycles. The highest BCUT2D eigenvalue weighted by Crippen LogP contribution is 2.22. The summed E-state index contributed by atoms with van der Waals surface area (Å²) in [6.07, 6.45) is 1.50. The highest BCUT2D eigenvalue weighted by molar-refractivity contribution is 6.50. The van der Waals surface area contributed by atoms with Gasteiger partial charge in [0.2, 0.25) is 0 Å². The summed E-state index contributed by atoms with van der Waals surface area (Å²) in [4.78, 5) is 30.8. The maximum atomic E-state index is 12.3. The zero-order valence-corrected chi connectivity index (χ0v) is 15.2. The number of halogens is 3. The second-order valence-corrected chi connectivity index (χ2v) is 5.99. The third kappa shape index (κ3) is 4.34. The zero-order valence-electron chi connectivity index (χ0n) is 14.4. The standard InChI is InChI=1S/C19H13ClF2N2O4/c1-27-18(26)11-4-7-13-15(9-11)23-16(24-17(13)25)14(20)8-10-2-5-12(6-3-10)28-19(21)22/h2-9,19H,1H3,(H,23,24,25). The number of carbonyl (C=O) groups excluding carboxylic acids is 1. The number of carbonyl (C=O) groups is 1. The van der Waals surface area contributed by atoms with Crippen molar-refractivity contribution in [3.63, 3.8) is 0 Å². The number of rotatable bonds is 5. The van der Waals surface area contributed by atoms with E-state index in [-0.39, 0.29) is 33.1 Å². The van der Waals surface area contributed by atoms with Crippen LogP contribution in [0.4, 0.5) is 8.78 Å². The highest BCUT2D eigenvalue weighted by atomic mass is 35.5. The fraction of sp³-hybridized carbons (Fsp3) is 0.105. The SMILES string of the molecule is COC(=O)c1ccc2c(=O)[nH]c(C(Cl)=Cc3ccc(OC(F)F)cc3)nc2c1. The van der Waals surface area contributed by atoms with Crippen LogP contribution in [0.5, 0.6) is 5.75 Å². The molecule has 0 bridgehead atoms. The maximum Gasteiger partial charge on any atom is 0.387 e. The Morgan fingerprint density at radius 3 is 2.57 bits per heavy atom. The Bertz CT molecular complexity index is 1110. The summed E-state index contributed by atoms with van der Waals surface area (Å²) < 4.78 is 33.3. The second-order valence-electron chi connectivity index (χ2n) is 5.58. The molecular weight excluding hydrogens is 394 g/mol. The first-order valence-corrected chi connectivity index (χ1v) is 8.30. The lowest BCUT2D eigenvalue weighted by Gasteiger charge is -2.05. The van der Waals surface area contributed by atoms with E-state index in [4.69, 9.17) is 11.6 Å². The molecule has 1 aromatic heterocycles. The van der Waals surface area contributed by atoms with Crippen molar-refractivity contribution in [1.82, 2.24) is 9.97 Å². The van der Waals surface area contributed by atoms with Gasteiger partial charge < -0.3 is 14.5 Å². The van der Waals surface area contributed by atoms with Gasteiger partial charge in [0.05, 0.1) is 28.6 Å². The van der Waals surface area contributed by atoms with E-state index < -0.39 is 18.1 Å². The van der Waals surface area contributed by atoms with Crippen LogP contribution in [-0.2, 0) is 4.74 Å². The van der Waals surface area contributed by atoms with Crippen molar-refractivity contribution in [2.24, 2.45) is 0 Å². The van der Waals surface area contributed by atoms with E-state index in [1.807, 2.05) is 0 Å². The lowest BCUT2D eigenvalue weighted by Crippen LogP contribution is -2.11. The van der Waals surface area contributed by atoms with E-state index in [1.165, 1.54) is 55.7 Å². The van der Waals surface area contributed by atoms with Crippen molar-refractivity contribution in [2.75, 3.05) is 7.11 Å². The minimum Gasteiger partial charge on any atom is -0.465 e. The Kier molecular flexibility index (Phi) is 5.70. The van der Waals surface area contributed by atoms with Gasteiger partial charge >= 0.3 is 12.6 Å². The third-order valence-electron chi connectivity index (χ3n) is 3.75. The molecule has 28 heavy (non-hydrogen) atoms. The van der Waals surface area contributed by atoms with Crippen LogP contribution in [0, 0.1) is 0 Å². The quantitative estimate of drug-likeness (QED) is 0.646. The van der Waals surface area contributed by atoms with Crippen LogP contribution >= 0.6 is 11.6 Å². The Balaban J connectivity index is 1.96. The topological polar surface area (TPSA) is 81.3 Å². The zero-order chi connectivity index (χ0) is 20.3. The van der Waals surface area contributed by atoms with Crippen LogP contribution in [0.15, 0.2) is 47.3 Å². The van der Waals surface area contributed by atoms with E-state index >= 15 is 0 Å². The fourth-order valence-corrected chi connectivity index (χ4v) is 2.67. The van der Waals surface area contributed by atoms with Crippen molar-refractivity contribution < 1.29 is 23.0 Å². The summed E-state index contributed by atoms with van der Waals surface area (Å²) in [5.41, 5.74) is 0.670. The molecule has 3 aromatic rings. The van der Waals surface area contributed by atoms with Gasteiger partial charge in [0.15, 0.2) is 5.82 Å². The molecule has 0 atom stereocenters. The van der Waals surface area contributed by atoms with Crippen molar-refractivity contribution in [3.05, 3.63) is 69.8 Å². The number of hydrogen-bond donors (Lipinski definition) is 1. The number of aromatic nitrogens is 2. The van der Waals surface area contributed by atoms with Gasteiger partial charge in [-0.15, -0.1) is 0 Å². The number of benzene rings is 2. The van der Waals surface area contributed by atoms with E-state index in [0.29, 0.717) is 5.56 Å². The minimum atomic E-state index is -2.91. The molecule has 0 fully saturated rings. The lowest BCUT2D eigenvalue weighted by atomic mass is 10.1. The van der Waals surface area contributed by atoms with Gasteiger partial charge in [-0.3, -0.25) is 4.79 Å². The van der Waals surface area contributed by atoms with Crippen molar-refractivity contribution >= 4 is 39.6 Å². The molecule has 0 aliphatic heterocycles. The first kappa shape index (κ1) is 19.5. The number of aromatic amines is 1. The van der Waals surface area contributed by atoms with Crippen LogP contribution < -0.4 is 10.3 Å². The van der Waals surface area contributed by atoms with Crippen LogP contribution in [0.1, 0.15) is 21.7 Å². The molecule has 144 valence electrons. The Morgan fingerprint density at radius 1 is 1.21 bits per heavy atom. The van der Waals surface area contributed by atoms with E-state index in [2.05, 4.69) is 19.4 Å². The molecule has 9 heteroatoms. The summed E-state index contributed by atoms with van der Waals surface area (Å²) in [6.45, 7) is -2.91. The van der Waals surface area contributed by atoms with Gasteiger partial charge in [0.1, 0.15) is 5.75 Å². The smallest absolute Gasteiger partial charge is 0.387 e. The van der Waals surface area contributed by atoms with Crippen LogP contribution in [0.3, 0.4) is 0 Å². The number of nitrogens with zero attached hydrogens (tertiary/aromatic N) is 1. The number of hydrogen-bond acceptors (Lipinski definition) is 5. The highest BCUT2D eigenvalue weighted by Gasteiger charge is 2.11. The minimum absolute atomic E-state index is 0.0100. The first-order valence-electron chi connectivity index (χ1n) is 7.92. The molecule has 6 nitrogen and oxygen atoms in total. The predicted molar refractivity (Wildman–Crippen MR) is 101 cm³/mol. The summed E-state index contributed by atoms with van der Waals surface area (Å²) in [5.74, 6) is -0.455. The van der Waals surface area contributed by atoms with E-state index in [0.717, 1.165) is 0 Å². The second kappa shape index (κ2) is 8.18. The monoisotopic (exact) mass is 406 g/mol. The molecule has 3 rings (SSSR count). The summed E-state index contributed by atoms with van der Waals surface area (Å²) in [6, 6.07) is 10.1. The van der Waals surface area contributed by atoms with Gasteiger partial charge in [0, 0.05) is 0 Å². The molecule has 0 aliphatic carbocycles. The Hall–Kier alpha value is -3.26. The number of fused-ring (bicyclic) bond motifs is 1. The predicted octanol–water partition coefficient (Wildman–Crippen LogP) is 4.05. The van der Waals surface area contributed by atoms with Gasteiger partial charge in [-0.05, 0) is 42.0 Å². The van der Waals surface area contributed by atoms with Crippen molar-refractivity contribution in [1.29, 1.82) is 0 Å². The number of H-pyrrole nitrogens is 1. The normalized spacial score (nSPS) is 11.7. The summed E-state index contributed by atoms with van der Waals surface area (Å²) >= 11 is 6.25. The van der Waals surface area contributed by atoms with Crippen molar-refractivity contribution in [2.45, 2.75) is 6.61 Å². The summed E-state index contributed by atoms with van der Waals surface area (Å²) in [5, 5.41) is 0.402. The molecule has 2 aromatic carbocycles. The molecule has 1 N–H and O–H groups in total. The average Bonchev–Trinajstić information content (AvgIpc) is 2.67. The molecule has 0 aliphatic rings. The summed E-state index contributed by atoms with van der Waals surface area (Å²) in [7, 11) is 1.25. The largest absolute Gasteiger partial charge is 0.465 e.